The fourth-order valence-corrected chi connectivity index (χ4v) is 1.43. The fraction of sp³-hybridized carbons (Fsp3) is 0. The highest BCUT2D eigenvalue weighted by molar-refractivity contribution is 9.10. The van der Waals surface area contributed by atoms with Crippen LogP contribution >= 0.6 is 15.9 Å². The zero-order chi connectivity index (χ0) is 7.84. The Hall–Kier alpha value is -0.830. The summed E-state index contributed by atoms with van der Waals surface area (Å²) in [5.74, 6) is -0.299. The lowest BCUT2D eigenvalue weighted by molar-refractivity contribution is 0.592. The van der Waals surface area contributed by atoms with Gasteiger partial charge in [-0.3, -0.25) is 0 Å². The van der Waals surface area contributed by atoms with Crippen LogP contribution in [0.4, 0.5) is 4.39 Å². The van der Waals surface area contributed by atoms with Gasteiger partial charge in [0.25, 0.3) is 0 Å². The van der Waals surface area contributed by atoms with Gasteiger partial charge in [-0.05, 0) is 34.1 Å². The van der Waals surface area contributed by atoms with Crippen molar-refractivity contribution in [3.05, 3.63) is 34.8 Å². The second-order valence-corrected chi connectivity index (χ2v) is 2.99. The summed E-state index contributed by atoms with van der Waals surface area (Å²) in [5.41, 5.74) is 0.560. The average Bonchev–Trinajstić information content (AvgIpc) is 2.45. The highest BCUT2D eigenvalue weighted by Crippen LogP contribution is 2.26. The molecule has 0 unspecified atom stereocenters. The van der Waals surface area contributed by atoms with Crippen LogP contribution in [-0.2, 0) is 0 Å². The molecule has 0 bridgehead atoms. The standard InChI is InChI=1S/C8H4BrFO/c9-7-6(10)2-1-5-3-4-11-8(5)7/h1-4H. The lowest BCUT2D eigenvalue weighted by Gasteiger charge is -1.92. The van der Waals surface area contributed by atoms with E-state index in [0.717, 1.165) is 5.39 Å². The van der Waals surface area contributed by atoms with E-state index in [1.807, 2.05) is 0 Å². The summed E-state index contributed by atoms with van der Waals surface area (Å²) in [7, 11) is 0. The predicted molar refractivity (Wildman–Crippen MR) is 43.9 cm³/mol. The molecule has 0 aliphatic rings. The highest BCUT2D eigenvalue weighted by atomic mass is 79.9. The molecule has 1 aromatic heterocycles. The van der Waals surface area contributed by atoms with Crippen molar-refractivity contribution in [2.24, 2.45) is 0 Å². The van der Waals surface area contributed by atoms with E-state index in [1.165, 1.54) is 12.3 Å². The van der Waals surface area contributed by atoms with Crippen LogP contribution in [0, 0.1) is 5.82 Å². The van der Waals surface area contributed by atoms with Crippen molar-refractivity contribution in [3.8, 4) is 0 Å². The van der Waals surface area contributed by atoms with Gasteiger partial charge in [0.15, 0.2) is 5.58 Å². The monoisotopic (exact) mass is 214 g/mol. The minimum atomic E-state index is -0.299. The molecule has 0 aliphatic carbocycles. The highest BCUT2D eigenvalue weighted by Gasteiger charge is 2.05. The minimum Gasteiger partial charge on any atom is -0.463 e. The molecule has 3 heteroatoms. The summed E-state index contributed by atoms with van der Waals surface area (Å²) >= 11 is 3.09. The van der Waals surface area contributed by atoms with Crippen molar-refractivity contribution in [2.75, 3.05) is 0 Å². The Balaban J connectivity index is 2.93. The maximum absolute atomic E-state index is 12.8. The second kappa shape index (κ2) is 2.34. The summed E-state index contributed by atoms with van der Waals surface area (Å²) in [6, 6.07) is 4.88. The third-order valence-corrected chi connectivity index (χ3v) is 2.25. The van der Waals surface area contributed by atoms with Crippen molar-refractivity contribution in [1.82, 2.24) is 0 Å². The van der Waals surface area contributed by atoms with Gasteiger partial charge in [-0.2, -0.15) is 0 Å². The second-order valence-electron chi connectivity index (χ2n) is 2.20. The fourth-order valence-electron chi connectivity index (χ4n) is 0.973. The van der Waals surface area contributed by atoms with E-state index >= 15 is 0 Å². The van der Waals surface area contributed by atoms with Crippen LogP contribution in [-0.4, -0.2) is 0 Å². The Morgan fingerprint density at radius 1 is 1.27 bits per heavy atom. The summed E-state index contributed by atoms with van der Waals surface area (Å²) in [5, 5.41) is 0.901. The SMILES string of the molecule is Fc1ccc2ccoc2c1Br. The Morgan fingerprint density at radius 3 is 2.91 bits per heavy atom. The van der Waals surface area contributed by atoms with E-state index < -0.39 is 0 Å². The van der Waals surface area contributed by atoms with Gasteiger partial charge in [-0.25, -0.2) is 4.39 Å². The van der Waals surface area contributed by atoms with Crippen molar-refractivity contribution in [3.63, 3.8) is 0 Å². The number of halogens is 2. The third-order valence-electron chi connectivity index (χ3n) is 1.51. The van der Waals surface area contributed by atoms with Gasteiger partial charge in [-0.1, -0.05) is 0 Å². The van der Waals surface area contributed by atoms with Crippen LogP contribution in [0.3, 0.4) is 0 Å². The largest absolute Gasteiger partial charge is 0.463 e. The van der Waals surface area contributed by atoms with Crippen LogP contribution in [0.1, 0.15) is 0 Å². The topological polar surface area (TPSA) is 13.1 Å². The van der Waals surface area contributed by atoms with Gasteiger partial charge in [0.1, 0.15) is 5.82 Å². The van der Waals surface area contributed by atoms with Gasteiger partial charge >= 0.3 is 0 Å². The molecule has 0 spiro atoms. The molecule has 0 saturated carbocycles. The van der Waals surface area contributed by atoms with Gasteiger partial charge in [0, 0.05) is 5.39 Å². The first-order chi connectivity index (χ1) is 5.29. The summed E-state index contributed by atoms with van der Waals surface area (Å²) in [4.78, 5) is 0. The number of rotatable bonds is 0. The molecule has 0 saturated heterocycles. The first-order valence-electron chi connectivity index (χ1n) is 3.10. The Labute approximate surface area is 70.9 Å². The summed E-state index contributed by atoms with van der Waals surface area (Å²) in [6.07, 6.45) is 1.54. The lowest BCUT2D eigenvalue weighted by atomic mass is 10.2. The first kappa shape index (κ1) is 6.85. The molecular formula is C8H4BrFO. The van der Waals surface area contributed by atoms with Crippen LogP contribution < -0.4 is 0 Å². The van der Waals surface area contributed by atoms with Crippen molar-refractivity contribution < 1.29 is 8.81 Å². The minimum absolute atomic E-state index is 0.299. The number of furan rings is 1. The van der Waals surface area contributed by atoms with Crippen molar-refractivity contribution in [1.29, 1.82) is 0 Å². The molecule has 0 aliphatic heterocycles. The van der Waals surface area contributed by atoms with Gasteiger partial charge in [-0.15, -0.1) is 0 Å². The molecule has 0 radical (unpaired) electrons. The van der Waals surface area contributed by atoms with Crippen LogP contribution in [0.5, 0.6) is 0 Å². The molecule has 56 valence electrons. The molecule has 1 nitrogen and oxygen atoms in total. The maximum atomic E-state index is 12.8. The molecule has 0 amide bonds. The van der Waals surface area contributed by atoms with E-state index in [1.54, 1.807) is 12.1 Å². The smallest absolute Gasteiger partial charge is 0.150 e. The normalized spacial score (nSPS) is 10.7. The number of benzene rings is 1. The van der Waals surface area contributed by atoms with Crippen LogP contribution in [0.15, 0.2) is 33.4 Å². The lowest BCUT2D eigenvalue weighted by Crippen LogP contribution is -1.75. The molecule has 2 rings (SSSR count). The van der Waals surface area contributed by atoms with E-state index in [-0.39, 0.29) is 5.82 Å². The van der Waals surface area contributed by atoms with E-state index in [0.29, 0.717) is 10.1 Å². The van der Waals surface area contributed by atoms with Gasteiger partial charge in [0.05, 0.1) is 10.7 Å². The molecular weight excluding hydrogens is 211 g/mol. The first-order valence-corrected chi connectivity index (χ1v) is 3.89. The number of hydrogen-bond acceptors (Lipinski definition) is 1. The molecule has 1 aromatic carbocycles. The van der Waals surface area contributed by atoms with Crippen LogP contribution in [0.25, 0.3) is 11.0 Å². The molecule has 11 heavy (non-hydrogen) atoms. The zero-order valence-electron chi connectivity index (χ0n) is 5.47. The van der Waals surface area contributed by atoms with Crippen molar-refractivity contribution in [2.45, 2.75) is 0 Å². The number of hydrogen-bond donors (Lipinski definition) is 0. The zero-order valence-corrected chi connectivity index (χ0v) is 7.06. The Morgan fingerprint density at radius 2 is 2.09 bits per heavy atom. The Kier molecular flexibility index (Phi) is 1.46. The molecule has 0 atom stereocenters. The maximum Gasteiger partial charge on any atom is 0.150 e. The van der Waals surface area contributed by atoms with Crippen molar-refractivity contribution >= 4 is 26.9 Å². The number of fused-ring (bicyclic) bond motifs is 1. The van der Waals surface area contributed by atoms with E-state index in [4.69, 9.17) is 4.42 Å². The average molecular weight is 215 g/mol. The van der Waals surface area contributed by atoms with Gasteiger partial charge < -0.3 is 4.42 Å². The van der Waals surface area contributed by atoms with E-state index in [9.17, 15) is 4.39 Å². The third kappa shape index (κ3) is 0.959. The molecule has 1 heterocycles. The quantitative estimate of drug-likeness (QED) is 0.656. The Bertz CT molecular complexity index is 394. The molecule has 2 aromatic rings. The molecule has 0 fully saturated rings. The molecule has 0 N–H and O–H groups in total. The van der Waals surface area contributed by atoms with Gasteiger partial charge in [0.2, 0.25) is 0 Å². The van der Waals surface area contributed by atoms with E-state index in [2.05, 4.69) is 15.9 Å². The predicted octanol–water partition coefficient (Wildman–Crippen LogP) is 3.33. The summed E-state index contributed by atoms with van der Waals surface area (Å²) < 4.78 is 18.3. The summed E-state index contributed by atoms with van der Waals surface area (Å²) in [6.45, 7) is 0. The van der Waals surface area contributed by atoms with Crippen LogP contribution in [0.2, 0.25) is 0 Å².